The van der Waals surface area contributed by atoms with Crippen LogP contribution in [0.25, 0.3) is 22.3 Å². The third kappa shape index (κ3) is 7.76. The molecule has 3 aromatic carbocycles. The Kier molecular flexibility index (Phi) is 9.74. The molecule has 0 saturated heterocycles. The van der Waals surface area contributed by atoms with Gasteiger partial charge in [0.2, 0.25) is 0 Å². The molecule has 0 radical (unpaired) electrons. The second-order valence-electron chi connectivity index (χ2n) is 8.19. The van der Waals surface area contributed by atoms with Crippen molar-refractivity contribution < 1.29 is 27.0 Å². The maximum atomic E-state index is 14.1. The molecule has 12 heteroatoms. The van der Waals surface area contributed by atoms with Gasteiger partial charge in [-0.25, -0.2) is 17.6 Å². The van der Waals surface area contributed by atoms with Gasteiger partial charge in [-0.05, 0) is 54.3 Å². The van der Waals surface area contributed by atoms with Crippen molar-refractivity contribution >= 4 is 11.9 Å². The van der Waals surface area contributed by atoms with E-state index >= 15 is 0 Å². The molecule has 0 bridgehead atoms. The maximum absolute atomic E-state index is 14.1. The Balaban J connectivity index is 2.02. The summed E-state index contributed by atoms with van der Waals surface area (Å²) in [5, 5.41) is 19.8. The topological polar surface area (TPSA) is 142 Å². The molecule has 0 spiro atoms. The number of ether oxygens (including phenoxy) is 2. The summed E-state index contributed by atoms with van der Waals surface area (Å²) in [6.07, 6.45) is 0.934. The molecule has 3 aromatic rings. The maximum Gasteiger partial charge on any atom is 0.185 e. The molecule has 3 rings (SSSR count). The van der Waals surface area contributed by atoms with Crippen LogP contribution in [0, 0.1) is 34.1 Å². The quantitative estimate of drug-likeness (QED) is 0.0898. The number of nitrogens with one attached hydrogen (secondary N) is 4. The van der Waals surface area contributed by atoms with Crippen molar-refractivity contribution in [2.45, 2.75) is 12.8 Å². The minimum atomic E-state index is -1.06. The Morgan fingerprint density at radius 2 is 1.05 bits per heavy atom. The molecule has 0 aromatic heterocycles. The summed E-state index contributed by atoms with van der Waals surface area (Å²) >= 11 is 0. The molecular formula is C26H28F4N6O2. The van der Waals surface area contributed by atoms with Crippen LogP contribution in [0.2, 0.25) is 0 Å². The van der Waals surface area contributed by atoms with Crippen LogP contribution in [0.15, 0.2) is 48.5 Å². The van der Waals surface area contributed by atoms with Gasteiger partial charge in [-0.2, -0.15) is 0 Å². The summed E-state index contributed by atoms with van der Waals surface area (Å²) in [4.78, 5) is 0. The van der Waals surface area contributed by atoms with E-state index in [1.807, 2.05) is 0 Å². The van der Waals surface area contributed by atoms with Gasteiger partial charge in [0.25, 0.3) is 0 Å². The number of hydrogen-bond acceptors (Lipinski definition) is 4. The van der Waals surface area contributed by atoms with Crippen LogP contribution >= 0.6 is 0 Å². The zero-order chi connectivity index (χ0) is 27.7. The molecule has 8 N–H and O–H groups in total. The third-order valence-electron chi connectivity index (χ3n) is 5.33. The lowest BCUT2D eigenvalue weighted by molar-refractivity contribution is 0.297. The van der Waals surface area contributed by atoms with Gasteiger partial charge >= 0.3 is 0 Å². The number of hydrogen-bond donors (Lipinski definition) is 6. The van der Waals surface area contributed by atoms with Crippen LogP contribution < -0.4 is 31.6 Å². The van der Waals surface area contributed by atoms with E-state index < -0.39 is 23.3 Å². The summed E-state index contributed by atoms with van der Waals surface area (Å²) in [5.74, 6) is -3.97. The minimum absolute atomic E-state index is 0.182. The summed E-state index contributed by atoms with van der Waals surface area (Å²) < 4.78 is 67.4. The van der Waals surface area contributed by atoms with Crippen molar-refractivity contribution in [1.29, 1.82) is 10.8 Å². The predicted octanol–water partition coefficient (Wildman–Crippen LogP) is 4.08. The van der Waals surface area contributed by atoms with E-state index in [4.69, 9.17) is 31.8 Å². The van der Waals surface area contributed by atoms with Crippen LogP contribution in [0.4, 0.5) is 17.6 Å². The van der Waals surface area contributed by atoms with Gasteiger partial charge in [-0.3, -0.25) is 10.8 Å². The number of rotatable bonds is 12. The summed E-state index contributed by atoms with van der Waals surface area (Å²) in [7, 11) is 0. The zero-order valence-electron chi connectivity index (χ0n) is 20.3. The molecule has 0 atom stereocenters. The fraction of sp³-hybridized carbons (Fsp3) is 0.231. The standard InChI is InChI=1S/C26H28F4N6O2/c27-19-5-3-15(11-21(19)29)17-13-18(16-4-6-20(28)22(30)12-16)24(38-10-2-8-36-26(33)34)14-23(17)37-9-1-7-35-25(31)32/h3-6,11-14H,1-2,7-10H2,(H4,31,32,35)(H4,33,34,36). The number of guanidine groups is 2. The molecule has 0 heterocycles. The Labute approximate surface area is 217 Å². The van der Waals surface area contributed by atoms with Crippen LogP contribution in [-0.2, 0) is 0 Å². The first-order valence-corrected chi connectivity index (χ1v) is 11.7. The smallest absolute Gasteiger partial charge is 0.185 e. The third-order valence-corrected chi connectivity index (χ3v) is 5.33. The van der Waals surface area contributed by atoms with E-state index in [0.29, 0.717) is 48.2 Å². The highest BCUT2D eigenvalue weighted by Crippen LogP contribution is 2.41. The fourth-order valence-electron chi connectivity index (χ4n) is 3.53. The minimum Gasteiger partial charge on any atom is -0.493 e. The van der Waals surface area contributed by atoms with Crippen LogP contribution in [0.5, 0.6) is 11.5 Å². The summed E-state index contributed by atoms with van der Waals surface area (Å²) in [6.45, 7) is 1.11. The monoisotopic (exact) mass is 532 g/mol. The molecular weight excluding hydrogens is 504 g/mol. The lowest BCUT2D eigenvalue weighted by atomic mass is 9.96. The Morgan fingerprint density at radius 1 is 0.632 bits per heavy atom. The van der Waals surface area contributed by atoms with Gasteiger partial charge in [0.05, 0.1) is 13.2 Å². The second-order valence-corrected chi connectivity index (χ2v) is 8.19. The Hall–Kier alpha value is -4.48. The van der Waals surface area contributed by atoms with Gasteiger partial charge in [0.1, 0.15) is 11.5 Å². The highest BCUT2D eigenvalue weighted by atomic mass is 19.2. The van der Waals surface area contributed by atoms with Gasteiger partial charge in [0, 0.05) is 30.3 Å². The normalized spacial score (nSPS) is 10.6. The van der Waals surface area contributed by atoms with Crippen LogP contribution in [0.1, 0.15) is 12.8 Å². The molecule has 0 saturated carbocycles. The highest BCUT2D eigenvalue weighted by Gasteiger charge is 2.18. The zero-order valence-corrected chi connectivity index (χ0v) is 20.3. The fourth-order valence-corrected chi connectivity index (χ4v) is 3.53. The van der Waals surface area contributed by atoms with E-state index in [0.717, 1.165) is 24.3 Å². The van der Waals surface area contributed by atoms with Crippen molar-refractivity contribution in [2.24, 2.45) is 11.5 Å². The average molecular weight is 533 g/mol. The number of halogens is 4. The van der Waals surface area contributed by atoms with E-state index in [9.17, 15) is 17.6 Å². The molecule has 0 fully saturated rings. The van der Waals surface area contributed by atoms with Crippen molar-refractivity contribution in [3.8, 4) is 33.8 Å². The van der Waals surface area contributed by atoms with E-state index in [1.54, 1.807) is 12.1 Å². The van der Waals surface area contributed by atoms with Gasteiger partial charge in [-0.1, -0.05) is 12.1 Å². The van der Waals surface area contributed by atoms with Gasteiger partial charge in [0.15, 0.2) is 35.2 Å². The van der Waals surface area contributed by atoms with Crippen LogP contribution in [0.3, 0.4) is 0 Å². The first-order chi connectivity index (χ1) is 18.2. The first-order valence-electron chi connectivity index (χ1n) is 11.7. The molecule has 8 nitrogen and oxygen atoms in total. The van der Waals surface area contributed by atoms with E-state index in [1.165, 1.54) is 12.1 Å². The van der Waals surface area contributed by atoms with E-state index in [-0.39, 0.29) is 36.6 Å². The molecule has 38 heavy (non-hydrogen) atoms. The molecule has 0 unspecified atom stereocenters. The highest BCUT2D eigenvalue weighted by molar-refractivity contribution is 5.82. The predicted molar refractivity (Wildman–Crippen MR) is 137 cm³/mol. The largest absolute Gasteiger partial charge is 0.493 e. The van der Waals surface area contributed by atoms with Crippen LogP contribution in [-0.4, -0.2) is 38.2 Å². The van der Waals surface area contributed by atoms with E-state index in [2.05, 4.69) is 10.6 Å². The summed E-state index contributed by atoms with van der Waals surface area (Å²) in [6, 6.07) is 9.86. The molecule has 0 aliphatic heterocycles. The van der Waals surface area contributed by atoms with Crippen molar-refractivity contribution in [2.75, 3.05) is 26.3 Å². The first kappa shape index (κ1) is 28.1. The van der Waals surface area contributed by atoms with Gasteiger partial charge in [-0.15, -0.1) is 0 Å². The number of nitrogens with two attached hydrogens (primary N) is 2. The Bertz CT molecular complexity index is 1210. The number of benzene rings is 3. The lowest BCUT2D eigenvalue weighted by Gasteiger charge is -2.19. The van der Waals surface area contributed by atoms with Crippen molar-refractivity contribution in [3.63, 3.8) is 0 Å². The van der Waals surface area contributed by atoms with Gasteiger partial charge < -0.3 is 31.6 Å². The van der Waals surface area contributed by atoms with Crippen molar-refractivity contribution in [1.82, 2.24) is 10.6 Å². The van der Waals surface area contributed by atoms with Crippen molar-refractivity contribution in [3.05, 3.63) is 71.8 Å². The second kappa shape index (κ2) is 13.2. The SMILES string of the molecule is N=C(N)NCCCOc1cc(OCCCNC(=N)N)c(-c2ccc(F)c(F)c2)cc1-c1ccc(F)c(F)c1. The Morgan fingerprint density at radius 3 is 1.42 bits per heavy atom. The molecule has 0 amide bonds. The molecule has 0 aliphatic carbocycles. The lowest BCUT2D eigenvalue weighted by Crippen LogP contribution is -2.31. The molecule has 202 valence electrons. The molecule has 0 aliphatic rings. The summed E-state index contributed by atoms with van der Waals surface area (Å²) in [5.41, 5.74) is 11.9. The average Bonchev–Trinajstić information content (AvgIpc) is 2.86.